The number of aliphatic carboxylic acids is 1. The van der Waals surface area contributed by atoms with Crippen LogP contribution < -0.4 is 9.64 Å². The molecule has 3 rings (SSSR count). The van der Waals surface area contributed by atoms with Gasteiger partial charge in [-0.2, -0.15) is 13.2 Å². The molecule has 0 bridgehead atoms. The summed E-state index contributed by atoms with van der Waals surface area (Å²) in [5.41, 5.74) is -3.17. The van der Waals surface area contributed by atoms with Gasteiger partial charge < -0.3 is 9.84 Å². The molecule has 1 amide bonds. The summed E-state index contributed by atoms with van der Waals surface area (Å²) in [6.45, 7) is -0.554. The van der Waals surface area contributed by atoms with Crippen LogP contribution in [0.2, 0.25) is 5.02 Å². The maximum Gasteiger partial charge on any atom is 0.397 e. The monoisotopic (exact) mass is 429 g/mol. The fraction of sp³-hybridized carbons (Fsp3) is 0.500. The summed E-state index contributed by atoms with van der Waals surface area (Å²) in [5.74, 6) is -0.0249. The average molecular weight is 430 g/mol. The highest BCUT2D eigenvalue weighted by Gasteiger charge is 2.64. The van der Waals surface area contributed by atoms with Crippen LogP contribution in [0.4, 0.5) is 18.9 Å². The Balaban J connectivity index is 1.88. The lowest BCUT2D eigenvalue weighted by molar-refractivity contribution is -0.194. The zero-order valence-electron chi connectivity index (χ0n) is 15.4. The van der Waals surface area contributed by atoms with E-state index < -0.39 is 35.6 Å². The summed E-state index contributed by atoms with van der Waals surface area (Å²) in [4.78, 5) is 25.4. The SMILES string of the molecule is C#CC(=O)N(c1ccc(OCC2(C(F)(F)F)CC2)c(Cl)c1)C1(C(=O)O)CCCC1. The Kier molecular flexibility index (Phi) is 5.48. The van der Waals surface area contributed by atoms with E-state index in [1.807, 2.05) is 5.92 Å². The van der Waals surface area contributed by atoms with E-state index in [1.54, 1.807) is 0 Å². The summed E-state index contributed by atoms with van der Waals surface area (Å²) in [5, 5.41) is 9.76. The molecular formula is C20H19ClF3NO4. The first-order valence-corrected chi connectivity index (χ1v) is 9.47. The largest absolute Gasteiger partial charge is 0.491 e. The van der Waals surface area contributed by atoms with Gasteiger partial charge in [0.25, 0.3) is 0 Å². The number of terminal acetylenes is 1. The number of hydrogen-bond acceptors (Lipinski definition) is 3. The van der Waals surface area contributed by atoms with E-state index in [2.05, 4.69) is 0 Å². The molecule has 0 aromatic heterocycles. The molecule has 1 N–H and O–H groups in total. The lowest BCUT2D eigenvalue weighted by Crippen LogP contribution is -2.55. The van der Waals surface area contributed by atoms with E-state index in [0.29, 0.717) is 12.8 Å². The molecule has 1 aromatic carbocycles. The summed E-state index contributed by atoms with van der Waals surface area (Å²) in [6, 6.07) is 4.00. The minimum Gasteiger partial charge on any atom is -0.491 e. The van der Waals surface area contributed by atoms with E-state index >= 15 is 0 Å². The highest BCUT2D eigenvalue weighted by molar-refractivity contribution is 6.32. The molecule has 5 nitrogen and oxygen atoms in total. The normalized spacial score (nSPS) is 19.3. The molecule has 1 aromatic rings. The summed E-state index contributed by atoms with van der Waals surface area (Å²) >= 11 is 6.17. The molecule has 0 saturated heterocycles. The third kappa shape index (κ3) is 3.76. The minimum absolute atomic E-state index is 0.00220. The second-order valence-corrected chi connectivity index (χ2v) is 7.92. The smallest absolute Gasteiger partial charge is 0.397 e. The lowest BCUT2D eigenvalue weighted by atomic mass is 9.94. The van der Waals surface area contributed by atoms with E-state index in [1.165, 1.54) is 18.2 Å². The van der Waals surface area contributed by atoms with Gasteiger partial charge in [-0.05, 0) is 49.8 Å². The highest BCUT2D eigenvalue weighted by atomic mass is 35.5. The van der Waals surface area contributed by atoms with Gasteiger partial charge in [-0.1, -0.05) is 24.4 Å². The number of alkyl halides is 3. The van der Waals surface area contributed by atoms with Gasteiger partial charge in [0.1, 0.15) is 23.3 Å². The zero-order chi connectivity index (χ0) is 21.4. The average Bonchev–Trinajstić information content (AvgIpc) is 3.30. The Hall–Kier alpha value is -2.40. The quantitative estimate of drug-likeness (QED) is 0.679. The third-order valence-corrected chi connectivity index (χ3v) is 6.01. The van der Waals surface area contributed by atoms with Crippen molar-refractivity contribution in [2.75, 3.05) is 11.5 Å². The van der Waals surface area contributed by atoms with Crippen molar-refractivity contribution in [2.45, 2.75) is 50.2 Å². The second-order valence-electron chi connectivity index (χ2n) is 7.51. The number of halogens is 4. The van der Waals surface area contributed by atoms with Crippen molar-refractivity contribution in [1.82, 2.24) is 0 Å². The van der Waals surface area contributed by atoms with Gasteiger partial charge >= 0.3 is 18.1 Å². The molecule has 0 spiro atoms. The van der Waals surface area contributed by atoms with Gasteiger partial charge in [-0.15, -0.1) is 6.42 Å². The standard InChI is InChI=1S/C20H19ClF3NO4/c1-2-16(26)25(19(17(27)28)7-3-4-8-19)13-5-6-15(14(21)11-13)29-12-18(9-10-18)20(22,23)24/h1,5-6,11H,3-4,7-10,12H2,(H,27,28). The zero-order valence-corrected chi connectivity index (χ0v) is 16.1. The molecule has 0 radical (unpaired) electrons. The molecular weight excluding hydrogens is 411 g/mol. The number of nitrogens with zero attached hydrogens (tertiary/aromatic N) is 1. The first-order chi connectivity index (χ1) is 13.6. The molecule has 0 aliphatic heterocycles. The molecule has 156 valence electrons. The molecule has 2 saturated carbocycles. The van der Waals surface area contributed by atoms with Crippen molar-refractivity contribution in [3.8, 4) is 18.1 Å². The van der Waals surface area contributed by atoms with Crippen LogP contribution in [0.3, 0.4) is 0 Å². The molecule has 9 heteroatoms. The summed E-state index contributed by atoms with van der Waals surface area (Å²) < 4.78 is 44.5. The molecule has 2 aliphatic rings. The first-order valence-electron chi connectivity index (χ1n) is 9.10. The van der Waals surface area contributed by atoms with Crippen molar-refractivity contribution in [2.24, 2.45) is 5.41 Å². The molecule has 0 unspecified atom stereocenters. The van der Waals surface area contributed by atoms with Gasteiger partial charge in [-0.25, -0.2) is 4.79 Å². The van der Waals surface area contributed by atoms with Crippen LogP contribution in [-0.2, 0) is 9.59 Å². The van der Waals surface area contributed by atoms with Crippen LogP contribution in [0, 0.1) is 17.8 Å². The predicted octanol–water partition coefficient (Wildman–Crippen LogP) is 4.42. The molecule has 2 aliphatic carbocycles. The van der Waals surface area contributed by atoms with E-state index in [4.69, 9.17) is 22.8 Å². The molecule has 0 heterocycles. The fourth-order valence-corrected chi connectivity index (χ4v) is 3.97. The van der Waals surface area contributed by atoms with Gasteiger partial charge in [0, 0.05) is 5.69 Å². The van der Waals surface area contributed by atoms with Crippen LogP contribution in [0.15, 0.2) is 18.2 Å². The lowest BCUT2D eigenvalue weighted by Gasteiger charge is -2.36. The number of carboxylic acids is 1. The number of anilines is 1. The van der Waals surface area contributed by atoms with Crippen molar-refractivity contribution in [1.29, 1.82) is 0 Å². The molecule has 29 heavy (non-hydrogen) atoms. The number of carbonyl (C=O) groups is 2. The number of hydrogen-bond donors (Lipinski definition) is 1. The van der Waals surface area contributed by atoms with Gasteiger partial charge in [0.15, 0.2) is 0 Å². The minimum atomic E-state index is -4.36. The first kappa shape index (κ1) is 21.3. The van der Waals surface area contributed by atoms with Crippen LogP contribution in [0.25, 0.3) is 0 Å². The fourth-order valence-electron chi connectivity index (χ4n) is 3.74. The number of carboxylic acid groups (broad SMARTS) is 1. The van der Waals surface area contributed by atoms with Gasteiger partial charge in [-0.3, -0.25) is 9.69 Å². The predicted molar refractivity (Wildman–Crippen MR) is 99.8 cm³/mol. The van der Waals surface area contributed by atoms with Crippen LogP contribution in [0.1, 0.15) is 38.5 Å². The Morgan fingerprint density at radius 1 is 1.24 bits per heavy atom. The maximum atomic E-state index is 13.1. The van der Waals surface area contributed by atoms with E-state index in [-0.39, 0.29) is 42.1 Å². The van der Waals surface area contributed by atoms with Crippen LogP contribution in [-0.4, -0.2) is 35.3 Å². The van der Waals surface area contributed by atoms with Crippen molar-refractivity contribution >= 4 is 29.2 Å². The van der Waals surface area contributed by atoms with Crippen molar-refractivity contribution in [3.63, 3.8) is 0 Å². The summed E-state index contributed by atoms with van der Waals surface area (Å²) in [7, 11) is 0. The van der Waals surface area contributed by atoms with Crippen molar-refractivity contribution < 1.29 is 32.6 Å². The topological polar surface area (TPSA) is 66.8 Å². The van der Waals surface area contributed by atoms with Crippen LogP contribution >= 0.6 is 11.6 Å². The Bertz CT molecular complexity index is 867. The highest BCUT2D eigenvalue weighted by Crippen LogP contribution is 2.57. The Morgan fingerprint density at radius 3 is 2.31 bits per heavy atom. The third-order valence-electron chi connectivity index (χ3n) is 5.72. The Labute approximate surface area is 170 Å². The van der Waals surface area contributed by atoms with E-state index in [9.17, 15) is 27.9 Å². The number of rotatable bonds is 6. The number of benzene rings is 1. The van der Waals surface area contributed by atoms with Crippen LogP contribution in [0.5, 0.6) is 5.75 Å². The number of carbonyl (C=O) groups excluding carboxylic acids is 1. The number of ether oxygens (including phenoxy) is 1. The number of amides is 1. The van der Waals surface area contributed by atoms with Gasteiger partial charge in [0.05, 0.1) is 5.02 Å². The maximum absolute atomic E-state index is 13.1. The van der Waals surface area contributed by atoms with E-state index in [0.717, 1.165) is 4.90 Å². The second kappa shape index (κ2) is 7.45. The summed E-state index contributed by atoms with van der Waals surface area (Å²) in [6.07, 6.45) is 2.60. The Morgan fingerprint density at radius 2 is 1.86 bits per heavy atom. The molecule has 0 atom stereocenters. The van der Waals surface area contributed by atoms with Gasteiger partial charge in [0.2, 0.25) is 0 Å². The van der Waals surface area contributed by atoms with Crippen molar-refractivity contribution in [3.05, 3.63) is 23.2 Å². The molecule has 2 fully saturated rings.